The zero-order valence-corrected chi connectivity index (χ0v) is 20.6. The van der Waals surface area contributed by atoms with E-state index < -0.39 is 40.5 Å². The molecular formula is C25H45NO6. The Hall–Kier alpha value is -1.89. The molecule has 0 aromatic carbocycles. The maximum absolute atomic E-state index is 12.1. The quantitative estimate of drug-likeness (QED) is 0.162. The van der Waals surface area contributed by atoms with E-state index in [1.807, 2.05) is 6.08 Å². The molecule has 186 valence electrons. The van der Waals surface area contributed by atoms with Crippen LogP contribution in [0.3, 0.4) is 0 Å². The van der Waals surface area contributed by atoms with Crippen LogP contribution in [-0.2, 0) is 14.4 Å². The average molecular weight is 456 g/mol. The first-order valence-corrected chi connectivity index (χ1v) is 12.4. The van der Waals surface area contributed by atoms with E-state index in [4.69, 9.17) is 0 Å². The van der Waals surface area contributed by atoms with E-state index in [2.05, 4.69) is 6.92 Å². The summed E-state index contributed by atoms with van der Waals surface area (Å²) in [5.74, 6) is -3.75. The van der Waals surface area contributed by atoms with Gasteiger partial charge in [-0.1, -0.05) is 78.7 Å². The zero-order valence-electron chi connectivity index (χ0n) is 20.6. The molecule has 0 radical (unpaired) electrons. The number of rotatable bonds is 20. The molecule has 0 rings (SSSR count). The van der Waals surface area contributed by atoms with Gasteiger partial charge < -0.3 is 20.1 Å². The first-order chi connectivity index (χ1) is 15.2. The molecule has 3 atom stereocenters. The van der Waals surface area contributed by atoms with Crippen LogP contribution < -0.4 is 5.11 Å². The first kappa shape index (κ1) is 30.1. The molecule has 0 aliphatic carbocycles. The molecule has 0 heterocycles. The lowest BCUT2D eigenvalue weighted by Crippen LogP contribution is -2.73. The summed E-state index contributed by atoms with van der Waals surface area (Å²) in [6.07, 6.45) is 14.5. The molecule has 0 bridgehead atoms. The Bertz CT molecular complexity index is 534. The lowest BCUT2D eigenvalue weighted by Gasteiger charge is -2.51. The molecule has 3 unspecified atom stereocenters. The summed E-state index contributed by atoms with van der Waals surface area (Å²) in [6.45, 7) is 7.20. The molecule has 7 nitrogen and oxygen atoms in total. The minimum atomic E-state index is -1.40. The van der Waals surface area contributed by atoms with E-state index in [-0.39, 0.29) is 25.8 Å². The van der Waals surface area contributed by atoms with Crippen LogP contribution in [0.4, 0.5) is 0 Å². The summed E-state index contributed by atoms with van der Waals surface area (Å²) in [5.41, 5.74) is 0. The third kappa shape index (κ3) is 8.93. The fraction of sp³-hybridized carbons (Fsp3) is 0.800. The van der Waals surface area contributed by atoms with Crippen LogP contribution in [0.15, 0.2) is 12.2 Å². The monoisotopic (exact) mass is 455 g/mol. The van der Waals surface area contributed by atoms with Gasteiger partial charge in [-0.25, -0.2) is 9.59 Å². The van der Waals surface area contributed by atoms with Crippen molar-refractivity contribution in [2.75, 3.05) is 6.54 Å². The van der Waals surface area contributed by atoms with Crippen LogP contribution in [0.2, 0.25) is 0 Å². The Balaban J connectivity index is 5.48. The molecule has 0 aromatic rings. The molecule has 0 fully saturated rings. The molecule has 0 saturated carbocycles. The van der Waals surface area contributed by atoms with Crippen LogP contribution in [0, 0.1) is 0 Å². The minimum absolute atomic E-state index is 0.0408. The standard InChI is InChI=1S/C25H45NO6/c1-5-9-10-11-12-13-14-15-16-17-18-19-26(20(6-2)23(27)28,21(7-3)24(29)30)22(8-4)25(31)32/h17-18,20-22H,5-16,19H2,1-4H3,(H2-,27,28,29,30,31,32)/b18-17+. The molecule has 0 aliphatic heterocycles. The predicted molar refractivity (Wildman–Crippen MR) is 124 cm³/mol. The molecular weight excluding hydrogens is 410 g/mol. The molecule has 0 aromatic heterocycles. The highest BCUT2D eigenvalue weighted by Crippen LogP contribution is 2.31. The van der Waals surface area contributed by atoms with Gasteiger partial charge in [-0.3, -0.25) is 4.48 Å². The number of unbranched alkanes of at least 4 members (excludes halogenated alkanes) is 8. The van der Waals surface area contributed by atoms with Gasteiger partial charge in [-0.15, -0.1) is 0 Å². The van der Waals surface area contributed by atoms with E-state index in [1.54, 1.807) is 26.8 Å². The number of nitrogens with zero attached hydrogens (tertiary/aromatic N) is 1. The number of hydrogen-bond donors (Lipinski definition) is 2. The highest BCUT2D eigenvalue weighted by molar-refractivity contribution is 5.77. The number of hydrogen-bond acceptors (Lipinski definition) is 4. The van der Waals surface area contributed by atoms with E-state index >= 15 is 0 Å². The van der Waals surface area contributed by atoms with E-state index in [0.29, 0.717) is 0 Å². The maximum Gasteiger partial charge on any atom is 0.362 e. The summed E-state index contributed by atoms with van der Waals surface area (Å²) in [4.78, 5) is 36.3. The fourth-order valence-corrected chi connectivity index (χ4v) is 4.95. The van der Waals surface area contributed by atoms with Crippen LogP contribution in [-0.4, -0.2) is 57.3 Å². The smallest absolute Gasteiger partial charge is 0.362 e. The van der Waals surface area contributed by atoms with Crippen LogP contribution >= 0.6 is 0 Å². The van der Waals surface area contributed by atoms with Crippen molar-refractivity contribution in [2.45, 2.75) is 123 Å². The molecule has 0 amide bonds. The zero-order chi connectivity index (χ0) is 24.6. The van der Waals surface area contributed by atoms with Crippen molar-refractivity contribution in [1.82, 2.24) is 0 Å². The summed E-state index contributed by atoms with van der Waals surface area (Å²) in [6, 6.07) is -3.51. The first-order valence-electron chi connectivity index (χ1n) is 12.4. The van der Waals surface area contributed by atoms with Crippen molar-refractivity contribution in [2.24, 2.45) is 0 Å². The second-order valence-corrected chi connectivity index (χ2v) is 8.68. The third-order valence-electron chi connectivity index (χ3n) is 6.56. The predicted octanol–water partition coefficient (Wildman–Crippen LogP) is 4.15. The van der Waals surface area contributed by atoms with Crippen LogP contribution in [0.1, 0.15) is 105 Å². The van der Waals surface area contributed by atoms with E-state index in [0.717, 1.165) is 19.3 Å². The van der Waals surface area contributed by atoms with Gasteiger partial charge in [0.1, 0.15) is 6.04 Å². The average Bonchev–Trinajstić information content (AvgIpc) is 2.72. The van der Waals surface area contributed by atoms with E-state index in [1.165, 1.54) is 38.5 Å². The molecule has 32 heavy (non-hydrogen) atoms. The maximum atomic E-state index is 12.1. The van der Waals surface area contributed by atoms with Crippen LogP contribution in [0.25, 0.3) is 0 Å². The Morgan fingerprint density at radius 2 is 1.16 bits per heavy atom. The van der Waals surface area contributed by atoms with Crippen molar-refractivity contribution in [3.05, 3.63) is 12.2 Å². The largest absolute Gasteiger partial charge is 0.544 e. The Kier molecular flexibility index (Phi) is 15.7. The van der Waals surface area contributed by atoms with Gasteiger partial charge in [-0.2, -0.15) is 0 Å². The van der Waals surface area contributed by atoms with Crippen molar-refractivity contribution in [3.63, 3.8) is 0 Å². The van der Waals surface area contributed by atoms with Gasteiger partial charge in [0.05, 0.1) is 12.5 Å². The van der Waals surface area contributed by atoms with Gasteiger partial charge in [0, 0.05) is 19.3 Å². The second kappa shape index (κ2) is 16.7. The summed E-state index contributed by atoms with van der Waals surface area (Å²) in [5, 5.41) is 31.8. The van der Waals surface area contributed by atoms with Gasteiger partial charge in [0.25, 0.3) is 0 Å². The number of carbonyl (C=O) groups is 3. The lowest BCUT2D eigenvalue weighted by atomic mass is 9.94. The number of carboxylic acid groups (broad SMARTS) is 3. The summed E-state index contributed by atoms with van der Waals surface area (Å²) >= 11 is 0. The Labute approximate surface area is 194 Å². The van der Waals surface area contributed by atoms with E-state index in [9.17, 15) is 29.7 Å². The molecule has 7 heteroatoms. The third-order valence-corrected chi connectivity index (χ3v) is 6.56. The number of allylic oxidation sites excluding steroid dienone is 1. The van der Waals surface area contributed by atoms with Gasteiger partial charge >= 0.3 is 11.9 Å². The minimum Gasteiger partial charge on any atom is -0.544 e. The van der Waals surface area contributed by atoms with Gasteiger partial charge in [-0.05, 0) is 18.9 Å². The number of carbonyl (C=O) groups excluding carboxylic acids is 1. The van der Waals surface area contributed by atoms with Crippen molar-refractivity contribution in [3.8, 4) is 0 Å². The molecule has 2 N–H and O–H groups in total. The Morgan fingerprint density at radius 1 is 0.719 bits per heavy atom. The topological polar surface area (TPSA) is 115 Å². The van der Waals surface area contributed by atoms with Crippen molar-refractivity contribution in [1.29, 1.82) is 0 Å². The van der Waals surface area contributed by atoms with Gasteiger partial charge in [0.15, 0.2) is 12.1 Å². The van der Waals surface area contributed by atoms with Crippen molar-refractivity contribution >= 4 is 17.9 Å². The summed E-state index contributed by atoms with van der Waals surface area (Å²) in [7, 11) is 0. The highest BCUT2D eigenvalue weighted by Gasteiger charge is 2.53. The lowest BCUT2D eigenvalue weighted by molar-refractivity contribution is -0.969. The van der Waals surface area contributed by atoms with Crippen LogP contribution in [0.5, 0.6) is 0 Å². The van der Waals surface area contributed by atoms with Crippen molar-refractivity contribution < 1.29 is 34.2 Å². The molecule has 0 aliphatic rings. The number of aliphatic carboxylic acids is 3. The second-order valence-electron chi connectivity index (χ2n) is 8.68. The molecule has 0 spiro atoms. The SMILES string of the molecule is CCCCCCCCCC/C=C/C[N+](C(CC)C(=O)[O-])(C(CC)C(=O)O)C(CC)C(=O)O. The summed E-state index contributed by atoms with van der Waals surface area (Å²) < 4.78 is -0.551. The molecule has 0 saturated heterocycles. The van der Waals surface area contributed by atoms with Gasteiger partial charge in [0.2, 0.25) is 0 Å². The number of carboxylic acids is 3. The normalized spacial score (nSPS) is 16.4. The fourth-order valence-electron chi connectivity index (χ4n) is 4.95. The Morgan fingerprint density at radius 3 is 1.53 bits per heavy atom. The highest BCUT2D eigenvalue weighted by atomic mass is 16.4. The number of quaternary nitrogens is 1.